The van der Waals surface area contributed by atoms with E-state index in [9.17, 15) is 23.3 Å². The van der Waals surface area contributed by atoms with Gasteiger partial charge in [0.15, 0.2) is 9.84 Å². The van der Waals surface area contributed by atoms with Crippen molar-refractivity contribution >= 4 is 32.9 Å². The number of hydrogen-bond donors (Lipinski definition) is 0. The Kier molecular flexibility index (Phi) is 3.69. The molecule has 9 heteroatoms. The van der Waals surface area contributed by atoms with Gasteiger partial charge in [-0.05, 0) is 18.2 Å². The lowest BCUT2D eigenvalue weighted by Gasteiger charge is -2.22. The minimum atomic E-state index is -3.31. The number of nitro groups is 1. The van der Waals surface area contributed by atoms with Crippen molar-refractivity contribution in [2.45, 2.75) is 12.1 Å². The van der Waals surface area contributed by atoms with Gasteiger partial charge in [0.25, 0.3) is 5.69 Å². The van der Waals surface area contributed by atoms with Gasteiger partial charge in [-0.1, -0.05) is 24.3 Å². The maximum absolute atomic E-state index is 13.1. The van der Waals surface area contributed by atoms with Crippen LogP contribution in [-0.4, -0.2) is 43.0 Å². The second-order valence-electron chi connectivity index (χ2n) is 6.35. The average Bonchev–Trinajstić information content (AvgIpc) is 3.04. The quantitative estimate of drug-likeness (QED) is 0.466. The Morgan fingerprint density at radius 3 is 2.12 bits per heavy atom. The Bertz CT molecular complexity index is 992. The number of nitrogens with zero attached hydrogens (tertiary/aromatic N) is 3. The fraction of sp³-hybridized carbons (Fsp3) is 0.235. The standard InChI is InChI=1S/C17H15N3O5S/c21-17-18(12-5-2-1-3-6-12)15-10-26(24,25)11-16(15)19(17)13-7-4-8-14(9-13)20(22)23/h1-9,15-16H,10-11H2/t15-,16-/m0/s1. The lowest BCUT2D eigenvalue weighted by atomic mass is 10.1. The fourth-order valence-corrected chi connectivity index (χ4v) is 5.57. The Hall–Kier alpha value is -2.94. The zero-order valence-electron chi connectivity index (χ0n) is 13.6. The first-order valence-electron chi connectivity index (χ1n) is 8.00. The molecule has 0 radical (unpaired) electrons. The summed E-state index contributed by atoms with van der Waals surface area (Å²) >= 11 is 0. The maximum Gasteiger partial charge on any atom is 0.329 e. The predicted molar refractivity (Wildman–Crippen MR) is 96.1 cm³/mol. The van der Waals surface area contributed by atoms with Gasteiger partial charge in [0.05, 0.1) is 34.2 Å². The van der Waals surface area contributed by atoms with Crippen LogP contribution in [0.1, 0.15) is 0 Å². The lowest BCUT2D eigenvalue weighted by molar-refractivity contribution is -0.384. The van der Waals surface area contributed by atoms with Crippen LogP contribution in [0.3, 0.4) is 0 Å². The number of benzene rings is 2. The third-order valence-corrected chi connectivity index (χ3v) is 6.42. The van der Waals surface area contributed by atoms with Crippen LogP contribution >= 0.6 is 0 Å². The number of fused-ring (bicyclic) bond motifs is 1. The van der Waals surface area contributed by atoms with Crippen LogP contribution in [0.15, 0.2) is 54.6 Å². The van der Waals surface area contributed by atoms with E-state index in [1.165, 1.54) is 28.0 Å². The van der Waals surface area contributed by atoms with Gasteiger partial charge in [0.2, 0.25) is 0 Å². The predicted octanol–water partition coefficient (Wildman–Crippen LogP) is 2.21. The summed E-state index contributed by atoms with van der Waals surface area (Å²) in [5.41, 5.74) is 0.790. The molecule has 8 nitrogen and oxygen atoms in total. The first-order valence-corrected chi connectivity index (χ1v) is 9.82. The molecule has 134 valence electrons. The average molecular weight is 373 g/mol. The third-order valence-electron chi connectivity index (χ3n) is 4.72. The van der Waals surface area contributed by atoms with Crippen molar-refractivity contribution in [2.24, 2.45) is 0 Å². The SMILES string of the molecule is O=C1N(c2ccccc2)[C@H]2CS(=O)(=O)C[C@@H]2N1c1cccc([N+](=O)[O-])c1. The molecule has 0 aromatic heterocycles. The van der Waals surface area contributed by atoms with Crippen molar-refractivity contribution in [2.75, 3.05) is 21.3 Å². The van der Waals surface area contributed by atoms with E-state index in [1.807, 2.05) is 6.07 Å². The number of urea groups is 1. The fourth-order valence-electron chi connectivity index (χ4n) is 3.65. The van der Waals surface area contributed by atoms with Crippen LogP contribution in [0.5, 0.6) is 0 Å². The van der Waals surface area contributed by atoms with Crippen LogP contribution in [-0.2, 0) is 9.84 Å². The van der Waals surface area contributed by atoms with Crippen molar-refractivity contribution in [3.8, 4) is 0 Å². The second kappa shape index (κ2) is 5.80. The molecule has 0 aliphatic carbocycles. The first kappa shape index (κ1) is 16.5. The highest BCUT2D eigenvalue weighted by atomic mass is 32.2. The number of amides is 2. The Morgan fingerprint density at radius 1 is 0.923 bits per heavy atom. The van der Waals surface area contributed by atoms with E-state index >= 15 is 0 Å². The highest BCUT2D eigenvalue weighted by Gasteiger charge is 2.54. The van der Waals surface area contributed by atoms with Crippen molar-refractivity contribution < 1.29 is 18.1 Å². The summed E-state index contributed by atoms with van der Waals surface area (Å²) in [6.45, 7) is 0. The van der Waals surface area contributed by atoms with Gasteiger partial charge in [-0.3, -0.25) is 19.9 Å². The molecule has 0 spiro atoms. The summed E-state index contributed by atoms with van der Waals surface area (Å²) in [5, 5.41) is 11.1. The molecule has 0 N–H and O–H groups in total. The summed E-state index contributed by atoms with van der Waals surface area (Å²) < 4.78 is 24.4. The zero-order chi connectivity index (χ0) is 18.5. The summed E-state index contributed by atoms with van der Waals surface area (Å²) in [6.07, 6.45) is 0. The highest BCUT2D eigenvalue weighted by molar-refractivity contribution is 7.91. The molecule has 0 bridgehead atoms. The van der Waals surface area contributed by atoms with Gasteiger partial charge in [0.1, 0.15) is 0 Å². The minimum absolute atomic E-state index is 0.121. The molecule has 2 fully saturated rings. The molecule has 4 rings (SSSR count). The van der Waals surface area contributed by atoms with Gasteiger partial charge in [0, 0.05) is 17.8 Å². The molecule has 2 amide bonds. The Labute approximate surface area is 149 Å². The number of non-ortho nitro benzene ring substituents is 1. The third kappa shape index (κ3) is 2.60. The zero-order valence-corrected chi connectivity index (χ0v) is 14.4. The molecule has 2 atom stereocenters. The summed E-state index contributed by atoms with van der Waals surface area (Å²) in [4.78, 5) is 26.5. The van der Waals surface area contributed by atoms with Gasteiger partial charge in [-0.25, -0.2) is 13.2 Å². The monoisotopic (exact) mass is 373 g/mol. The maximum atomic E-state index is 13.1. The molecule has 26 heavy (non-hydrogen) atoms. The van der Waals surface area contributed by atoms with E-state index in [2.05, 4.69) is 0 Å². The molecule has 2 aromatic carbocycles. The number of nitro benzene ring substituents is 1. The van der Waals surface area contributed by atoms with Crippen LogP contribution in [0.2, 0.25) is 0 Å². The van der Waals surface area contributed by atoms with E-state index in [-0.39, 0.29) is 23.2 Å². The molecule has 0 saturated carbocycles. The van der Waals surface area contributed by atoms with Gasteiger partial charge in [-0.15, -0.1) is 0 Å². The Balaban J connectivity index is 1.81. The second-order valence-corrected chi connectivity index (χ2v) is 8.50. The van der Waals surface area contributed by atoms with Crippen molar-refractivity contribution in [1.82, 2.24) is 0 Å². The molecular weight excluding hydrogens is 358 g/mol. The van der Waals surface area contributed by atoms with Crippen LogP contribution in [0.4, 0.5) is 21.9 Å². The lowest BCUT2D eigenvalue weighted by Crippen LogP contribution is -2.37. The normalized spacial score (nSPS) is 23.9. The first-order chi connectivity index (χ1) is 12.4. The smallest absolute Gasteiger partial charge is 0.288 e. The van der Waals surface area contributed by atoms with Gasteiger partial charge >= 0.3 is 6.03 Å². The van der Waals surface area contributed by atoms with Crippen molar-refractivity contribution in [3.63, 3.8) is 0 Å². The van der Waals surface area contributed by atoms with E-state index < -0.39 is 26.8 Å². The molecule has 0 unspecified atom stereocenters. The van der Waals surface area contributed by atoms with Crippen LogP contribution in [0.25, 0.3) is 0 Å². The highest BCUT2D eigenvalue weighted by Crippen LogP contribution is 2.38. The number of carbonyl (C=O) groups is 1. The number of carbonyl (C=O) groups excluding carboxylic acids is 1. The number of para-hydroxylation sites is 1. The van der Waals surface area contributed by atoms with E-state index in [0.29, 0.717) is 11.4 Å². The molecule has 2 saturated heterocycles. The number of anilines is 2. The van der Waals surface area contributed by atoms with Crippen molar-refractivity contribution in [1.29, 1.82) is 0 Å². The molecule has 2 aromatic rings. The largest absolute Gasteiger partial charge is 0.329 e. The van der Waals surface area contributed by atoms with Crippen molar-refractivity contribution in [3.05, 3.63) is 64.7 Å². The number of rotatable bonds is 3. The van der Waals surface area contributed by atoms with Crippen LogP contribution < -0.4 is 9.80 Å². The summed E-state index contributed by atoms with van der Waals surface area (Å²) in [5.74, 6) is -0.279. The minimum Gasteiger partial charge on any atom is -0.288 e. The molecule has 2 aliphatic rings. The molecular formula is C17H15N3O5S. The summed E-state index contributed by atoms with van der Waals surface area (Å²) in [6, 6.07) is 13.1. The van der Waals surface area contributed by atoms with Crippen LogP contribution in [0, 0.1) is 10.1 Å². The number of hydrogen-bond acceptors (Lipinski definition) is 5. The van der Waals surface area contributed by atoms with E-state index in [0.717, 1.165) is 0 Å². The number of sulfone groups is 1. The van der Waals surface area contributed by atoms with E-state index in [4.69, 9.17) is 0 Å². The molecule has 2 heterocycles. The van der Waals surface area contributed by atoms with Gasteiger partial charge < -0.3 is 0 Å². The van der Waals surface area contributed by atoms with E-state index in [1.54, 1.807) is 30.3 Å². The topological polar surface area (TPSA) is 101 Å². The summed E-state index contributed by atoms with van der Waals surface area (Å²) in [7, 11) is -3.31. The molecule has 2 aliphatic heterocycles. The Morgan fingerprint density at radius 2 is 1.50 bits per heavy atom. The van der Waals surface area contributed by atoms with Gasteiger partial charge in [-0.2, -0.15) is 0 Å².